The predicted octanol–water partition coefficient (Wildman–Crippen LogP) is -0.259. The number of benzene rings is 1. The number of primary sulfonamides is 1. The van der Waals surface area contributed by atoms with Gasteiger partial charge < -0.3 is 11.1 Å². The number of aryl methyl sites for hydroxylation is 1. The Kier molecular flexibility index (Phi) is 6.63. The fourth-order valence-corrected chi connectivity index (χ4v) is 2.26. The quantitative estimate of drug-likeness (QED) is 0.574. The number of nitrogens with two attached hydrogens (primary N) is 2. The van der Waals surface area contributed by atoms with Gasteiger partial charge in [-0.25, -0.2) is 13.6 Å². The van der Waals surface area contributed by atoms with Gasteiger partial charge in [0.05, 0.1) is 11.8 Å². The molecule has 0 aliphatic heterocycles. The van der Waals surface area contributed by atoms with E-state index < -0.39 is 16.1 Å². The van der Waals surface area contributed by atoms with Crippen LogP contribution in [0.1, 0.15) is 18.4 Å². The molecule has 112 valence electrons. The lowest BCUT2D eigenvalue weighted by molar-refractivity contribution is -0.122. The molecule has 20 heavy (non-hydrogen) atoms. The van der Waals surface area contributed by atoms with Gasteiger partial charge in [-0.15, -0.1) is 0 Å². The summed E-state index contributed by atoms with van der Waals surface area (Å²) < 4.78 is 21.4. The minimum absolute atomic E-state index is 0.146. The van der Waals surface area contributed by atoms with Crippen molar-refractivity contribution in [3.8, 4) is 0 Å². The first-order valence-corrected chi connectivity index (χ1v) is 8.18. The van der Waals surface area contributed by atoms with Crippen molar-refractivity contribution in [1.82, 2.24) is 5.32 Å². The maximum Gasteiger partial charge on any atom is 0.236 e. The van der Waals surface area contributed by atoms with Crippen LogP contribution in [0.15, 0.2) is 30.3 Å². The van der Waals surface area contributed by atoms with Crippen LogP contribution in [0, 0.1) is 0 Å². The summed E-state index contributed by atoms with van der Waals surface area (Å²) in [6, 6.07) is 9.18. The first-order valence-electron chi connectivity index (χ1n) is 6.46. The van der Waals surface area contributed by atoms with E-state index in [2.05, 4.69) is 5.32 Å². The van der Waals surface area contributed by atoms with Gasteiger partial charge in [0.2, 0.25) is 15.9 Å². The van der Waals surface area contributed by atoms with Crippen LogP contribution in [0.4, 0.5) is 0 Å². The molecule has 0 radical (unpaired) electrons. The van der Waals surface area contributed by atoms with Gasteiger partial charge in [0, 0.05) is 6.54 Å². The highest BCUT2D eigenvalue weighted by Gasteiger charge is 2.13. The molecule has 1 amide bonds. The molecule has 7 heteroatoms. The van der Waals surface area contributed by atoms with Crippen molar-refractivity contribution in [2.75, 3.05) is 12.3 Å². The van der Waals surface area contributed by atoms with Gasteiger partial charge in [0.25, 0.3) is 0 Å². The van der Waals surface area contributed by atoms with Gasteiger partial charge >= 0.3 is 0 Å². The van der Waals surface area contributed by atoms with Gasteiger partial charge in [-0.2, -0.15) is 0 Å². The molecule has 0 saturated heterocycles. The lowest BCUT2D eigenvalue weighted by Gasteiger charge is -2.12. The Hall–Kier alpha value is -1.44. The highest BCUT2D eigenvalue weighted by atomic mass is 32.2. The Morgan fingerprint density at radius 3 is 2.50 bits per heavy atom. The summed E-state index contributed by atoms with van der Waals surface area (Å²) in [6.45, 7) is 0.258. The molecule has 0 aliphatic rings. The van der Waals surface area contributed by atoms with Gasteiger partial charge in [-0.1, -0.05) is 30.3 Å². The normalized spacial score (nSPS) is 12.9. The smallest absolute Gasteiger partial charge is 0.236 e. The highest BCUT2D eigenvalue weighted by molar-refractivity contribution is 7.89. The van der Waals surface area contributed by atoms with E-state index in [-0.39, 0.29) is 24.6 Å². The van der Waals surface area contributed by atoms with Crippen LogP contribution in [-0.2, 0) is 21.2 Å². The monoisotopic (exact) mass is 299 g/mol. The summed E-state index contributed by atoms with van der Waals surface area (Å²) in [5.41, 5.74) is 6.91. The summed E-state index contributed by atoms with van der Waals surface area (Å²) in [6.07, 6.45) is 1.56. The molecule has 0 spiro atoms. The molecule has 6 nitrogen and oxygen atoms in total. The minimum atomic E-state index is -3.47. The number of sulfonamides is 1. The van der Waals surface area contributed by atoms with E-state index in [4.69, 9.17) is 10.9 Å². The molecule has 0 heterocycles. The van der Waals surface area contributed by atoms with E-state index in [1.807, 2.05) is 30.3 Å². The van der Waals surface area contributed by atoms with Crippen molar-refractivity contribution < 1.29 is 13.2 Å². The maximum absolute atomic E-state index is 11.7. The van der Waals surface area contributed by atoms with Crippen molar-refractivity contribution in [1.29, 1.82) is 0 Å². The first-order chi connectivity index (χ1) is 9.38. The van der Waals surface area contributed by atoms with Crippen LogP contribution in [-0.4, -0.2) is 32.7 Å². The average molecular weight is 299 g/mol. The Morgan fingerprint density at radius 1 is 1.25 bits per heavy atom. The Bertz CT molecular complexity index is 517. The molecule has 0 saturated carbocycles. The topological polar surface area (TPSA) is 115 Å². The number of nitrogens with one attached hydrogen (secondary N) is 1. The minimum Gasteiger partial charge on any atom is -0.355 e. The standard InChI is InChI=1S/C13H21N3O3S/c14-12(8-7-11-5-2-1-3-6-11)13(17)16-9-4-10-20(15,18)19/h1-3,5-6,12H,4,7-10,14H2,(H,16,17)(H2,15,18,19). The van der Waals surface area contributed by atoms with Crippen molar-refractivity contribution >= 4 is 15.9 Å². The highest BCUT2D eigenvalue weighted by Crippen LogP contribution is 2.04. The predicted molar refractivity (Wildman–Crippen MR) is 78.3 cm³/mol. The second kappa shape index (κ2) is 7.98. The maximum atomic E-state index is 11.7. The molecule has 0 aliphatic carbocycles. The van der Waals surface area contributed by atoms with E-state index in [9.17, 15) is 13.2 Å². The number of hydrogen-bond donors (Lipinski definition) is 3. The van der Waals surface area contributed by atoms with Crippen LogP contribution >= 0.6 is 0 Å². The van der Waals surface area contributed by atoms with Crippen molar-refractivity contribution in [3.05, 3.63) is 35.9 Å². The molecular formula is C13H21N3O3S. The fraction of sp³-hybridized carbons (Fsp3) is 0.462. The zero-order chi connectivity index (χ0) is 15.0. The van der Waals surface area contributed by atoms with Gasteiger partial charge in [0.1, 0.15) is 0 Å². The lowest BCUT2D eigenvalue weighted by Crippen LogP contribution is -2.41. The number of rotatable bonds is 8. The molecule has 0 fully saturated rings. The third kappa shape index (κ3) is 7.22. The number of carbonyl (C=O) groups excluding carboxylic acids is 1. The molecule has 5 N–H and O–H groups in total. The number of hydrogen-bond acceptors (Lipinski definition) is 4. The van der Waals surface area contributed by atoms with Crippen molar-refractivity contribution in [2.24, 2.45) is 10.9 Å². The van der Waals surface area contributed by atoms with Crippen LogP contribution in [0.5, 0.6) is 0 Å². The summed E-state index contributed by atoms with van der Waals surface area (Å²) >= 11 is 0. The summed E-state index contributed by atoms with van der Waals surface area (Å²) in [5, 5.41) is 7.47. The third-order valence-electron chi connectivity index (χ3n) is 2.83. The SMILES string of the molecule is NC(CCc1ccccc1)C(=O)NCCCS(N)(=O)=O. The van der Waals surface area contributed by atoms with E-state index in [0.29, 0.717) is 6.42 Å². The van der Waals surface area contributed by atoms with Crippen LogP contribution in [0.2, 0.25) is 0 Å². The van der Waals surface area contributed by atoms with Gasteiger partial charge in [-0.3, -0.25) is 4.79 Å². The zero-order valence-corrected chi connectivity index (χ0v) is 12.1. The second-order valence-corrected chi connectivity index (χ2v) is 6.38. The lowest BCUT2D eigenvalue weighted by atomic mass is 10.1. The van der Waals surface area contributed by atoms with Crippen LogP contribution in [0.3, 0.4) is 0 Å². The molecule has 1 unspecified atom stereocenters. The van der Waals surface area contributed by atoms with E-state index in [0.717, 1.165) is 12.0 Å². The largest absolute Gasteiger partial charge is 0.355 e. The van der Waals surface area contributed by atoms with Crippen molar-refractivity contribution in [2.45, 2.75) is 25.3 Å². The Labute approximate surface area is 119 Å². The molecule has 0 aromatic heterocycles. The van der Waals surface area contributed by atoms with E-state index >= 15 is 0 Å². The third-order valence-corrected chi connectivity index (χ3v) is 3.69. The van der Waals surface area contributed by atoms with E-state index in [1.54, 1.807) is 0 Å². The summed E-state index contributed by atoms with van der Waals surface area (Å²) in [4.78, 5) is 11.7. The molecule has 1 aromatic carbocycles. The van der Waals surface area contributed by atoms with Crippen molar-refractivity contribution in [3.63, 3.8) is 0 Å². The number of amides is 1. The van der Waals surface area contributed by atoms with Gasteiger partial charge in [0.15, 0.2) is 0 Å². The molecule has 1 atom stereocenters. The second-order valence-electron chi connectivity index (χ2n) is 4.64. The fourth-order valence-electron chi connectivity index (χ4n) is 1.71. The molecule has 1 aromatic rings. The van der Waals surface area contributed by atoms with Crippen LogP contribution in [0.25, 0.3) is 0 Å². The van der Waals surface area contributed by atoms with Gasteiger partial charge in [-0.05, 0) is 24.8 Å². The summed E-state index contributed by atoms with van der Waals surface area (Å²) in [7, 11) is -3.47. The van der Waals surface area contributed by atoms with Crippen LogP contribution < -0.4 is 16.2 Å². The first kappa shape index (κ1) is 16.6. The zero-order valence-electron chi connectivity index (χ0n) is 11.3. The molecule has 0 bridgehead atoms. The molecule has 1 rings (SSSR count). The van der Waals surface area contributed by atoms with E-state index in [1.165, 1.54) is 0 Å². The summed E-state index contributed by atoms with van der Waals surface area (Å²) in [5.74, 6) is -0.414. The Morgan fingerprint density at radius 2 is 1.90 bits per heavy atom. The molecular weight excluding hydrogens is 278 g/mol. The Balaban J connectivity index is 2.22. The average Bonchev–Trinajstić information content (AvgIpc) is 2.40. The number of carbonyl (C=O) groups is 1.